The van der Waals surface area contributed by atoms with E-state index < -0.39 is 0 Å². The number of ketones is 1. The molecule has 1 fully saturated rings. The molecule has 0 aliphatic carbocycles. The average Bonchev–Trinajstić information content (AvgIpc) is 2.99. The van der Waals surface area contributed by atoms with Crippen LogP contribution in [0, 0.1) is 12.8 Å². The van der Waals surface area contributed by atoms with Crippen LogP contribution in [0.5, 0.6) is 5.75 Å². The molecule has 1 aromatic heterocycles. The van der Waals surface area contributed by atoms with Crippen LogP contribution in [0.2, 0.25) is 0 Å². The van der Waals surface area contributed by atoms with E-state index in [1.807, 2.05) is 51.2 Å². The van der Waals surface area contributed by atoms with Gasteiger partial charge in [0.1, 0.15) is 5.75 Å². The van der Waals surface area contributed by atoms with Gasteiger partial charge in [0, 0.05) is 35.6 Å². The number of hydrogen-bond donors (Lipinski definition) is 0. The van der Waals surface area contributed by atoms with Crippen molar-refractivity contribution in [3.63, 3.8) is 0 Å². The second-order valence-electron chi connectivity index (χ2n) is 6.98. The summed E-state index contributed by atoms with van der Waals surface area (Å²) in [5.74, 6) is 1.07. The van der Waals surface area contributed by atoms with Gasteiger partial charge in [0.05, 0.1) is 11.1 Å². The zero-order valence-corrected chi connectivity index (χ0v) is 16.0. The molecular formula is C20H26N2O2S. The molecule has 0 amide bonds. The molecule has 3 rings (SSSR count). The predicted octanol–water partition coefficient (Wildman–Crippen LogP) is 4.33. The molecule has 1 aliphatic rings. The van der Waals surface area contributed by atoms with E-state index in [1.165, 1.54) is 4.88 Å². The quantitative estimate of drug-likeness (QED) is 0.721. The van der Waals surface area contributed by atoms with E-state index in [9.17, 15) is 4.79 Å². The van der Waals surface area contributed by atoms with E-state index in [-0.39, 0.29) is 17.8 Å². The van der Waals surface area contributed by atoms with Crippen LogP contribution in [-0.4, -0.2) is 34.9 Å². The summed E-state index contributed by atoms with van der Waals surface area (Å²) in [5.41, 5.74) is 0.763. The van der Waals surface area contributed by atoms with Crippen molar-refractivity contribution in [1.29, 1.82) is 0 Å². The molecule has 1 aliphatic heterocycles. The molecule has 2 aromatic rings. The fraction of sp³-hybridized carbons (Fsp3) is 0.500. The van der Waals surface area contributed by atoms with Crippen LogP contribution in [0.4, 0.5) is 0 Å². The molecule has 1 saturated heterocycles. The minimum absolute atomic E-state index is 0.0667. The van der Waals surface area contributed by atoms with Crippen LogP contribution in [0.25, 0.3) is 0 Å². The number of Topliss-reactive ketones (excluding diaryl/α,β-unsaturated/α-hetero) is 1. The van der Waals surface area contributed by atoms with Crippen molar-refractivity contribution in [1.82, 2.24) is 9.88 Å². The van der Waals surface area contributed by atoms with E-state index in [4.69, 9.17) is 4.74 Å². The normalized spacial score (nSPS) is 18.5. The molecule has 0 unspecified atom stereocenters. The topological polar surface area (TPSA) is 42.4 Å². The summed E-state index contributed by atoms with van der Waals surface area (Å²) in [5, 5.41) is 1.10. The first kappa shape index (κ1) is 18.1. The summed E-state index contributed by atoms with van der Waals surface area (Å²) in [4.78, 5) is 20.9. The number of hydrogen-bond acceptors (Lipinski definition) is 5. The Bertz CT molecular complexity index is 726. The summed E-state index contributed by atoms with van der Waals surface area (Å²) in [7, 11) is 0. The number of rotatable bonds is 6. The molecule has 5 heteroatoms. The van der Waals surface area contributed by atoms with E-state index >= 15 is 0 Å². The van der Waals surface area contributed by atoms with Crippen LogP contribution in [0.3, 0.4) is 0 Å². The van der Waals surface area contributed by atoms with Gasteiger partial charge in [0.15, 0.2) is 5.78 Å². The highest BCUT2D eigenvalue weighted by Gasteiger charge is 2.27. The fourth-order valence-corrected chi connectivity index (χ4v) is 4.18. The van der Waals surface area contributed by atoms with Crippen LogP contribution in [0.15, 0.2) is 30.5 Å². The van der Waals surface area contributed by atoms with Crippen molar-refractivity contribution >= 4 is 17.1 Å². The molecule has 0 N–H and O–H groups in total. The van der Waals surface area contributed by atoms with Crippen LogP contribution >= 0.6 is 11.3 Å². The minimum atomic E-state index is 0.0667. The SMILES string of the molecule is Cc1ncc(CN2CCC[C@H](C(=O)c3cccc(OC(C)C)c3)C2)s1. The lowest BCUT2D eigenvalue weighted by molar-refractivity contribution is 0.0812. The monoisotopic (exact) mass is 358 g/mol. The lowest BCUT2D eigenvalue weighted by Crippen LogP contribution is -2.38. The molecule has 1 aromatic carbocycles. The van der Waals surface area contributed by atoms with Gasteiger partial charge < -0.3 is 4.74 Å². The molecule has 0 spiro atoms. The molecular weight excluding hydrogens is 332 g/mol. The highest BCUT2D eigenvalue weighted by molar-refractivity contribution is 7.11. The van der Waals surface area contributed by atoms with Crippen LogP contribution in [-0.2, 0) is 6.54 Å². The molecule has 134 valence electrons. The number of nitrogens with zero attached hydrogens (tertiary/aromatic N) is 2. The largest absolute Gasteiger partial charge is 0.491 e. The maximum absolute atomic E-state index is 12.9. The molecule has 25 heavy (non-hydrogen) atoms. The number of likely N-dealkylation sites (tertiary alicyclic amines) is 1. The van der Waals surface area contributed by atoms with Crippen molar-refractivity contribution in [2.45, 2.75) is 46.3 Å². The van der Waals surface area contributed by atoms with Gasteiger partial charge in [-0.15, -0.1) is 11.3 Å². The Morgan fingerprint density at radius 3 is 3.00 bits per heavy atom. The van der Waals surface area contributed by atoms with Crippen LogP contribution < -0.4 is 4.74 Å². The molecule has 0 bridgehead atoms. The lowest BCUT2D eigenvalue weighted by Gasteiger charge is -2.31. The Balaban J connectivity index is 1.65. The summed E-state index contributed by atoms with van der Waals surface area (Å²) >= 11 is 1.74. The second kappa shape index (κ2) is 8.11. The van der Waals surface area contributed by atoms with Crippen molar-refractivity contribution < 1.29 is 9.53 Å². The molecule has 0 saturated carbocycles. The van der Waals surface area contributed by atoms with E-state index in [0.717, 1.165) is 48.8 Å². The fourth-order valence-electron chi connectivity index (χ4n) is 3.34. The van der Waals surface area contributed by atoms with Gasteiger partial charge >= 0.3 is 0 Å². The van der Waals surface area contributed by atoms with Gasteiger partial charge in [0.25, 0.3) is 0 Å². The number of thiazole rings is 1. The van der Waals surface area contributed by atoms with E-state index in [1.54, 1.807) is 11.3 Å². The zero-order valence-electron chi connectivity index (χ0n) is 15.2. The Kier molecular flexibility index (Phi) is 5.86. The third kappa shape index (κ3) is 4.89. The number of aromatic nitrogens is 1. The number of carbonyl (C=O) groups excluding carboxylic acids is 1. The third-order valence-electron chi connectivity index (χ3n) is 4.42. The van der Waals surface area contributed by atoms with Gasteiger partial charge in [-0.25, -0.2) is 4.98 Å². The predicted molar refractivity (Wildman–Crippen MR) is 101 cm³/mol. The summed E-state index contributed by atoms with van der Waals surface area (Å²) < 4.78 is 5.73. The first-order valence-electron chi connectivity index (χ1n) is 8.96. The standard InChI is InChI=1S/C20H26N2O2S/c1-14(2)24-18-8-4-6-16(10-18)20(23)17-7-5-9-22(12-17)13-19-11-21-15(3)25-19/h4,6,8,10-11,14,17H,5,7,9,12-13H2,1-3H3/t17-/m0/s1. The van der Waals surface area contributed by atoms with Gasteiger partial charge in [-0.3, -0.25) is 9.69 Å². The highest BCUT2D eigenvalue weighted by atomic mass is 32.1. The maximum Gasteiger partial charge on any atom is 0.167 e. The lowest BCUT2D eigenvalue weighted by atomic mass is 9.90. The van der Waals surface area contributed by atoms with E-state index in [2.05, 4.69) is 9.88 Å². The third-order valence-corrected chi connectivity index (χ3v) is 5.31. The highest BCUT2D eigenvalue weighted by Crippen LogP contribution is 2.25. The number of aryl methyl sites for hydroxylation is 1. The van der Waals surface area contributed by atoms with Crippen molar-refractivity contribution in [2.24, 2.45) is 5.92 Å². The van der Waals surface area contributed by atoms with Gasteiger partial charge in [-0.2, -0.15) is 0 Å². The Morgan fingerprint density at radius 2 is 2.28 bits per heavy atom. The smallest absolute Gasteiger partial charge is 0.167 e. The van der Waals surface area contributed by atoms with Crippen molar-refractivity contribution in [3.8, 4) is 5.75 Å². The number of benzene rings is 1. The number of piperidine rings is 1. The Morgan fingerprint density at radius 1 is 1.44 bits per heavy atom. The Hall–Kier alpha value is -1.72. The Labute approximate surface area is 153 Å². The first-order valence-corrected chi connectivity index (χ1v) is 9.77. The zero-order chi connectivity index (χ0) is 17.8. The summed E-state index contributed by atoms with van der Waals surface area (Å²) in [6.45, 7) is 8.79. The summed E-state index contributed by atoms with van der Waals surface area (Å²) in [6.07, 6.45) is 4.10. The number of carbonyl (C=O) groups is 1. The average molecular weight is 359 g/mol. The minimum Gasteiger partial charge on any atom is -0.491 e. The molecule has 0 radical (unpaired) electrons. The molecule has 4 nitrogen and oxygen atoms in total. The maximum atomic E-state index is 12.9. The number of ether oxygens (including phenoxy) is 1. The van der Waals surface area contributed by atoms with Crippen molar-refractivity contribution in [2.75, 3.05) is 13.1 Å². The summed E-state index contributed by atoms with van der Waals surface area (Å²) in [6, 6.07) is 7.61. The first-order chi connectivity index (χ1) is 12.0. The van der Waals surface area contributed by atoms with E-state index in [0.29, 0.717) is 0 Å². The van der Waals surface area contributed by atoms with Crippen LogP contribution in [0.1, 0.15) is 46.9 Å². The molecule has 1 atom stereocenters. The molecule has 2 heterocycles. The van der Waals surface area contributed by atoms with Gasteiger partial charge in [0.2, 0.25) is 0 Å². The van der Waals surface area contributed by atoms with Gasteiger partial charge in [-0.05, 0) is 52.3 Å². The van der Waals surface area contributed by atoms with Gasteiger partial charge in [-0.1, -0.05) is 12.1 Å². The van der Waals surface area contributed by atoms with Crippen molar-refractivity contribution in [3.05, 3.63) is 45.9 Å². The second-order valence-corrected chi connectivity index (χ2v) is 8.30.